The maximum absolute atomic E-state index is 12.3. The van der Waals surface area contributed by atoms with Crippen molar-refractivity contribution in [1.82, 2.24) is 9.97 Å². The molecule has 0 saturated carbocycles. The number of rotatable bonds is 3. The van der Waals surface area contributed by atoms with Crippen LogP contribution in [0.25, 0.3) is 11.0 Å². The van der Waals surface area contributed by atoms with Crippen LogP contribution >= 0.6 is 0 Å². The lowest BCUT2D eigenvalue weighted by atomic mass is 9.94. The first-order valence-corrected chi connectivity index (χ1v) is 6.41. The monoisotopic (exact) mass is 319 g/mol. The van der Waals surface area contributed by atoms with Gasteiger partial charge in [0.15, 0.2) is 0 Å². The fourth-order valence-corrected chi connectivity index (χ4v) is 2.05. The molecule has 0 aliphatic heterocycles. The van der Waals surface area contributed by atoms with E-state index in [2.05, 4.69) is 20.0 Å². The predicted octanol–water partition coefficient (Wildman–Crippen LogP) is 2.70. The van der Waals surface area contributed by atoms with Gasteiger partial charge in [-0.2, -0.15) is 0 Å². The second-order valence-electron chi connectivity index (χ2n) is 4.72. The molecule has 0 fully saturated rings. The van der Waals surface area contributed by atoms with E-state index in [1.54, 1.807) is 12.1 Å². The van der Waals surface area contributed by atoms with Crippen LogP contribution < -0.4 is 15.5 Å². The number of nitrogens with one attached hydrogen (secondary N) is 2. The third-order valence-corrected chi connectivity index (χ3v) is 2.95. The Hall–Kier alpha value is -2.84. The number of fused-ring (bicyclic) bond motifs is 1. The van der Waals surface area contributed by atoms with E-state index in [0.717, 1.165) is 6.07 Å². The number of hydrogen-bond donors (Lipinski definition) is 3. The van der Waals surface area contributed by atoms with Gasteiger partial charge in [-0.3, -0.25) is 0 Å². The summed E-state index contributed by atoms with van der Waals surface area (Å²) < 4.78 is 40.8. The van der Waals surface area contributed by atoms with Crippen molar-refractivity contribution in [1.29, 1.82) is 0 Å². The van der Waals surface area contributed by atoms with Crippen LogP contribution in [0.4, 0.5) is 24.8 Å². The molecule has 23 heavy (non-hydrogen) atoms. The SMILES string of the molecule is [B]c1cc2[nH]c(Nc3cccc(O)c3)nc2cc1OC(F)(F)F. The highest BCUT2D eigenvalue weighted by atomic mass is 19.4. The van der Waals surface area contributed by atoms with E-state index in [9.17, 15) is 18.3 Å². The van der Waals surface area contributed by atoms with Crippen LogP contribution in [0.2, 0.25) is 0 Å². The van der Waals surface area contributed by atoms with E-state index in [0.29, 0.717) is 11.2 Å². The Kier molecular flexibility index (Phi) is 3.55. The Morgan fingerprint density at radius 2 is 2.00 bits per heavy atom. The number of alkyl halides is 3. The second-order valence-corrected chi connectivity index (χ2v) is 4.72. The van der Waals surface area contributed by atoms with Crippen LogP contribution in [0.3, 0.4) is 0 Å². The average Bonchev–Trinajstić information content (AvgIpc) is 2.78. The highest BCUT2D eigenvalue weighted by Gasteiger charge is 2.31. The number of benzene rings is 2. The number of nitrogens with zero attached hydrogens (tertiary/aromatic N) is 1. The van der Waals surface area contributed by atoms with E-state index >= 15 is 0 Å². The third-order valence-electron chi connectivity index (χ3n) is 2.95. The van der Waals surface area contributed by atoms with Crippen molar-refractivity contribution < 1.29 is 23.0 Å². The molecule has 9 heteroatoms. The number of hydrogen-bond acceptors (Lipinski definition) is 4. The zero-order chi connectivity index (χ0) is 16.6. The first-order valence-electron chi connectivity index (χ1n) is 6.41. The minimum absolute atomic E-state index is 0.0659. The Balaban J connectivity index is 1.92. The molecule has 2 aromatic carbocycles. The number of H-pyrrole nitrogens is 1. The van der Waals surface area contributed by atoms with E-state index in [-0.39, 0.29) is 22.7 Å². The highest BCUT2D eigenvalue weighted by molar-refractivity contribution is 6.35. The van der Waals surface area contributed by atoms with Gasteiger partial charge in [0.05, 0.1) is 11.0 Å². The van der Waals surface area contributed by atoms with Crippen molar-refractivity contribution in [2.45, 2.75) is 6.36 Å². The second kappa shape index (κ2) is 5.42. The van der Waals surface area contributed by atoms with Crippen molar-refractivity contribution in [3.8, 4) is 11.5 Å². The highest BCUT2D eigenvalue weighted by Crippen LogP contribution is 2.26. The molecule has 3 N–H and O–H groups in total. The first kappa shape index (κ1) is 15.1. The summed E-state index contributed by atoms with van der Waals surface area (Å²) in [6, 6.07) is 8.71. The maximum atomic E-state index is 12.3. The van der Waals surface area contributed by atoms with E-state index < -0.39 is 12.1 Å². The van der Waals surface area contributed by atoms with Gasteiger partial charge >= 0.3 is 6.36 Å². The number of aromatic hydroxyl groups is 1. The normalized spacial score (nSPS) is 11.6. The average molecular weight is 319 g/mol. The number of aromatic amines is 1. The zero-order valence-corrected chi connectivity index (χ0v) is 11.5. The summed E-state index contributed by atoms with van der Waals surface area (Å²) in [6.07, 6.45) is -4.83. The van der Waals surface area contributed by atoms with Crippen LogP contribution in [0.15, 0.2) is 36.4 Å². The standard InChI is InChI=1S/C14H9BF3N3O2/c15-9-5-10-11(6-12(9)23-14(16,17)18)21-13(20-10)19-7-2-1-3-8(22)4-7/h1-6,22H,(H2,19,20,21). The van der Waals surface area contributed by atoms with E-state index in [1.807, 2.05) is 0 Å². The van der Waals surface area contributed by atoms with E-state index in [1.165, 1.54) is 18.2 Å². The lowest BCUT2D eigenvalue weighted by Gasteiger charge is -2.11. The molecule has 3 aromatic rings. The Morgan fingerprint density at radius 1 is 1.22 bits per heavy atom. The molecular formula is C14H9BF3N3O2. The summed E-state index contributed by atoms with van der Waals surface area (Å²) >= 11 is 0. The number of halogens is 3. The van der Waals surface area contributed by atoms with Crippen molar-refractivity contribution in [3.05, 3.63) is 36.4 Å². The van der Waals surface area contributed by atoms with Crippen molar-refractivity contribution in [2.75, 3.05) is 5.32 Å². The molecule has 1 aromatic heterocycles. The molecule has 0 saturated heterocycles. The summed E-state index contributed by atoms with van der Waals surface area (Å²) in [7, 11) is 5.55. The molecule has 0 aliphatic rings. The Bertz CT molecular complexity index is 864. The summed E-state index contributed by atoms with van der Waals surface area (Å²) in [5.41, 5.74) is 1.09. The fourth-order valence-electron chi connectivity index (χ4n) is 2.05. The van der Waals surface area contributed by atoms with Crippen molar-refractivity contribution in [2.24, 2.45) is 0 Å². The molecule has 5 nitrogen and oxygen atoms in total. The Morgan fingerprint density at radius 3 is 2.70 bits per heavy atom. The number of ether oxygens (including phenoxy) is 1. The lowest BCUT2D eigenvalue weighted by Crippen LogP contribution is -2.21. The molecule has 0 amide bonds. The minimum Gasteiger partial charge on any atom is -0.508 e. The van der Waals surface area contributed by atoms with Crippen LogP contribution in [0.5, 0.6) is 11.5 Å². The topological polar surface area (TPSA) is 70.2 Å². The molecule has 3 rings (SSSR count). The molecule has 0 atom stereocenters. The zero-order valence-electron chi connectivity index (χ0n) is 11.5. The van der Waals surface area contributed by atoms with Crippen LogP contribution in [0.1, 0.15) is 0 Å². The van der Waals surface area contributed by atoms with Gasteiger partial charge in [-0.25, -0.2) is 4.98 Å². The number of imidazole rings is 1. The molecule has 0 bridgehead atoms. The van der Waals surface area contributed by atoms with Crippen molar-refractivity contribution >= 4 is 36.0 Å². The number of phenols is 1. The van der Waals surface area contributed by atoms with Gasteiger partial charge in [-0.15, -0.1) is 13.2 Å². The smallest absolute Gasteiger partial charge is 0.508 e. The van der Waals surface area contributed by atoms with Gasteiger partial charge in [0.1, 0.15) is 19.3 Å². The van der Waals surface area contributed by atoms with Gasteiger partial charge in [-0.1, -0.05) is 11.5 Å². The van der Waals surface area contributed by atoms with Gasteiger partial charge in [0.2, 0.25) is 5.95 Å². The predicted molar refractivity (Wildman–Crippen MR) is 79.6 cm³/mol. The van der Waals surface area contributed by atoms with Gasteiger partial charge in [0, 0.05) is 17.8 Å². The van der Waals surface area contributed by atoms with Gasteiger partial charge in [-0.05, 0) is 18.2 Å². The van der Waals surface area contributed by atoms with Crippen LogP contribution in [-0.4, -0.2) is 29.3 Å². The summed E-state index contributed by atoms with van der Waals surface area (Å²) in [5, 5.41) is 12.3. The van der Waals surface area contributed by atoms with Crippen molar-refractivity contribution in [3.63, 3.8) is 0 Å². The fraction of sp³-hybridized carbons (Fsp3) is 0.0714. The largest absolute Gasteiger partial charge is 0.573 e. The quantitative estimate of drug-likeness (QED) is 0.649. The first-order chi connectivity index (χ1) is 10.8. The summed E-state index contributed by atoms with van der Waals surface area (Å²) in [4.78, 5) is 6.99. The number of anilines is 2. The molecule has 2 radical (unpaired) electrons. The van der Waals surface area contributed by atoms with Gasteiger partial charge < -0.3 is 20.1 Å². The molecule has 0 unspecified atom stereocenters. The Labute approximate surface area is 129 Å². The minimum atomic E-state index is -4.83. The van der Waals surface area contributed by atoms with Crippen LogP contribution in [0, 0.1) is 0 Å². The van der Waals surface area contributed by atoms with E-state index in [4.69, 9.17) is 7.85 Å². The molecule has 0 spiro atoms. The molecular weight excluding hydrogens is 310 g/mol. The number of phenolic OH excluding ortho intramolecular Hbond substituents is 1. The number of aromatic nitrogens is 2. The van der Waals surface area contributed by atoms with Gasteiger partial charge in [0.25, 0.3) is 0 Å². The lowest BCUT2D eigenvalue weighted by molar-refractivity contribution is -0.274. The third kappa shape index (κ3) is 3.50. The summed E-state index contributed by atoms with van der Waals surface area (Å²) in [6.45, 7) is 0. The molecule has 0 aliphatic carbocycles. The maximum Gasteiger partial charge on any atom is 0.573 e. The summed E-state index contributed by atoms with van der Waals surface area (Å²) in [5.74, 6) is -0.161. The molecule has 116 valence electrons. The van der Waals surface area contributed by atoms with Crippen LogP contribution in [-0.2, 0) is 0 Å². The molecule has 1 heterocycles.